The van der Waals surface area contributed by atoms with Crippen LogP contribution < -0.4 is 0 Å². The first-order valence-electron chi connectivity index (χ1n) is 22.3. The van der Waals surface area contributed by atoms with Gasteiger partial charge in [-0.25, -0.2) is 4.57 Å². The number of rotatable bonds is 42. The molecular formula is C44H83O10P. The molecular weight excluding hydrogens is 719 g/mol. The number of carbonyl (C=O) groups is 2. The van der Waals surface area contributed by atoms with Crippen LogP contribution in [0.2, 0.25) is 0 Å². The lowest BCUT2D eigenvalue weighted by Crippen LogP contribution is -2.28. The second-order valence-corrected chi connectivity index (χ2v) is 16.5. The Kier molecular flexibility index (Phi) is 39.5. The monoisotopic (exact) mass is 803 g/mol. The molecule has 0 aliphatic carbocycles. The second-order valence-electron chi connectivity index (χ2n) is 15.0. The molecule has 0 aromatic rings. The Balaban J connectivity index is 3.86. The molecule has 3 atom stereocenters. The summed E-state index contributed by atoms with van der Waals surface area (Å²) < 4.78 is 32.5. The van der Waals surface area contributed by atoms with E-state index < -0.39 is 58.4 Å². The van der Waals surface area contributed by atoms with Crippen LogP contribution in [0.25, 0.3) is 0 Å². The average Bonchev–Trinajstić information content (AvgIpc) is 3.17. The second kappa shape index (κ2) is 40.6. The van der Waals surface area contributed by atoms with Gasteiger partial charge in [0.2, 0.25) is 0 Å². The van der Waals surface area contributed by atoms with Gasteiger partial charge in [-0.05, 0) is 57.8 Å². The minimum absolute atomic E-state index is 0.183. The van der Waals surface area contributed by atoms with E-state index in [1.807, 2.05) is 0 Å². The predicted molar refractivity (Wildman–Crippen MR) is 224 cm³/mol. The van der Waals surface area contributed by atoms with Crippen molar-refractivity contribution in [1.82, 2.24) is 0 Å². The van der Waals surface area contributed by atoms with E-state index in [1.165, 1.54) is 109 Å². The van der Waals surface area contributed by atoms with Crippen molar-refractivity contribution in [2.45, 2.75) is 219 Å². The fourth-order valence-corrected chi connectivity index (χ4v) is 6.93. The van der Waals surface area contributed by atoms with E-state index in [1.54, 1.807) is 0 Å². The zero-order chi connectivity index (χ0) is 40.5. The number of esters is 2. The van der Waals surface area contributed by atoms with Gasteiger partial charge >= 0.3 is 19.8 Å². The lowest BCUT2D eigenvalue weighted by molar-refractivity contribution is -0.153. The highest BCUT2D eigenvalue weighted by Gasteiger charge is 2.27. The molecule has 0 fully saturated rings. The van der Waals surface area contributed by atoms with Gasteiger partial charge < -0.3 is 24.6 Å². The van der Waals surface area contributed by atoms with Crippen molar-refractivity contribution >= 4 is 19.8 Å². The number of ether oxygens (including phenoxy) is 2. The molecule has 0 spiro atoms. The summed E-state index contributed by atoms with van der Waals surface area (Å²) in [5.41, 5.74) is 0. The minimum atomic E-state index is -4.63. The number of unbranched alkanes of at least 4 members (excludes halogenated alkanes) is 24. The molecule has 0 aliphatic heterocycles. The van der Waals surface area contributed by atoms with Crippen LogP contribution in [-0.4, -0.2) is 65.7 Å². The van der Waals surface area contributed by atoms with Gasteiger partial charge in [0.25, 0.3) is 0 Å². The molecule has 0 aromatic heterocycles. The summed E-state index contributed by atoms with van der Waals surface area (Å²) in [6, 6.07) is 0. The third-order valence-electron chi connectivity index (χ3n) is 9.64. The minimum Gasteiger partial charge on any atom is -0.457 e. The highest BCUT2D eigenvalue weighted by atomic mass is 31.2. The van der Waals surface area contributed by atoms with Gasteiger partial charge in [-0.2, -0.15) is 0 Å². The molecule has 10 nitrogen and oxygen atoms in total. The Morgan fingerprint density at radius 3 is 1.09 bits per heavy atom. The lowest BCUT2D eigenvalue weighted by Gasteiger charge is -2.20. The maximum Gasteiger partial charge on any atom is 0.472 e. The summed E-state index contributed by atoms with van der Waals surface area (Å²) in [5, 5.41) is 19.1. The number of allylic oxidation sites excluding steroid dienone is 4. The number of carbonyl (C=O) groups excluding carboxylic acids is 2. The molecule has 0 amide bonds. The van der Waals surface area contributed by atoms with Crippen LogP contribution in [0.1, 0.15) is 206 Å². The Hall–Kier alpha value is -1.55. The Morgan fingerprint density at radius 2 is 0.764 bits per heavy atom. The first kappa shape index (κ1) is 53.5. The smallest absolute Gasteiger partial charge is 0.457 e. The van der Waals surface area contributed by atoms with E-state index in [0.29, 0.717) is 12.8 Å². The number of hydrogen-bond donors (Lipinski definition) is 3. The summed E-state index contributed by atoms with van der Waals surface area (Å²) in [6.45, 7) is 2.17. The molecule has 324 valence electrons. The van der Waals surface area contributed by atoms with Gasteiger partial charge in [-0.15, -0.1) is 0 Å². The van der Waals surface area contributed by atoms with Crippen LogP contribution in [0.3, 0.4) is 0 Å². The number of aliphatic hydroxyl groups excluding tert-OH is 2. The van der Waals surface area contributed by atoms with E-state index in [9.17, 15) is 29.3 Å². The molecule has 0 saturated heterocycles. The van der Waals surface area contributed by atoms with Crippen LogP contribution in [0.5, 0.6) is 0 Å². The molecule has 0 radical (unpaired) electrons. The first-order chi connectivity index (χ1) is 26.8. The summed E-state index contributed by atoms with van der Waals surface area (Å²) >= 11 is 0. The average molecular weight is 803 g/mol. The Bertz CT molecular complexity index is 972. The highest BCUT2D eigenvalue weighted by Crippen LogP contribution is 2.43. The van der Waals surface area contributed by atoms with Gasteiger partial charge in [-0.3, -0.25) is 18.6 Å². The summed E-state index contributed by atoms with van der Waals surface area (Å²) in [5.74, 6) is -1.03. The molecule has 3 N–H and O–H groups in total. The maximum atomic E-state index is 12.3. The van der Waals surface area contributed by atoms with E-state index >= 15 is 0 Å². The zero-order valence-electron chi connectivity index (χ0n) is 35.2. The maximum absolute atomic E-state index is 12.3. The fourth-order valence-electron chi connectivity index (χ4n) is 6.15. The van der Waals surface area contributed by atoms with Crippen molar-refractivity contribution in [2.75, 3.05) is 26.4 Å². The first-order valence-corrected chi connectivity index (χ1v) is 23.8. The molecule has 3 unspecified atom stereocenters. The van der Waals surface area contributed by atoms with Crippen molar-refractivity contribution in [3.63, 3.8) is 0 Å². The SMILES string of the molecule is CCCC/C=C\CCCCCCCC(=O)OC(CO)COP(=O)(O)OCC(CO)OC(=O)CCCCCCCCCCC/C=C\CCCCCCCCCC. The van der Waals surface area contributed by atoms with E-state index in [2.05, 4.69) is 38.2 Å². The van der Waals surface area contributed by atoms with E-state index in [-0.39, 0.29) is 12.8 Å². The molecule has 0 aliphatic rings. The van der Waals surface area contributed by atoms with Gasteiger partial charge in [0, 0.05) is 12.8 Å². The third kappa shape index (κ3) is 39.1. The molecule has 0 saturated carbocycles. The van der Waals surface area contributed by atoms with Crippen molar-refractivity contribution in [2.24, 2.45) is 0 Å². The van der Waals surface area contributed by atoms with Gasteiger partial charge in [0.05, 0.1) is 26.4 Å². The van der Waals surface area contributed by atoms with Crippen molar-refractivity contribution < 1.29 is 47.8 Å². The van der Waals surface area contributed by atoms with Crippen LogP contribution in [0, 0.1) is 0 Å². The Morgan fingerprint density at radius 1 is 0.473 bits per heavy atom. The number of phosphoric acid groups is 1. The predicted octanol–water partition coefficient (Wildman–Crippen LogP) is 11.8. The van der Waals surface area contributed by atoms with E-state index in [4.69, 9.17) is 18.5 Å². The summed E-state index contributed by atoms with van der Waals surface area (Å²) in [4.78, 5) is 34.5. The molecule has 0 rings (SSSR count). The third-order valence-corrected chi connectivity index (χ3v) is 10.6. The quantitative estimate of drug-likeness (QED) is 0.0236. The van der Waals surface area contributed by atoms with Gasteiger partial charge in [0.15, 0.2) is 0 Å². The molecule has 0 heterocycles. The van der Waals surface area contributed by atoms with Gasteiger partial charge in [0.1, 0.15) is 12.2 Å². The largest absolute Gasteiger partial charge is 0.472 e. The van der Waals surface area contributed by atoms with Crippen LogP contribution in [0.4, 0.5) is 0 Å². The zero-order valence-corrected chi connectivity index (χ0v) is 36.0. The highest BCUT2D eigenvalue weighted by molar-refractivity contribution is 7.47. The number of phosphoric ester groups is 1. The Labute approximate surface area is 336 Å². The van der Waals surface area contributed by atoms with E-state index in [0.717, 1.165) is 57.8 Å². The van der Waals surface area contributed by atoms with Gasteiger partial charge in [-0.1, -0.05) is 160 Å². The van der Waals surface area contributed by atoms with Crippen LogP contribution >= 0.6 is 7.82 Å². The fraction of sp³-hybridized carbons (Fsp3) is 0.864. The molecule has 0 bridgehead atoms. The molecule has 0 aromatic carbocycles. The van der Waals surface area contributed by atoms with Crippen molar-refractivity contribution in [3.05, 3.63) is 24.3 Å². The lowest BCUT2D eigenvalue weighted by atomic mass is 10.1. The number of hydrogen-bond acceptors (Lipinski definition) is 9. The van der Waals surface area contributed by atoms with Crippen LogP contribution in [0.15, 0.2) is 24.3 Å². The summed E-state index contributed by atoms with van der Waals surface area (Å²) in [7, 11) is -4.63. The molecule has 55 heavy (non-hydrogen) atoms. The van der Waals surface area contributed by atoms with Crippen molar-refractivity contribution in [1.29, 1.82) is 0 Å². The summed E-state index contributed by atoms with van der Waals surface area (Å²) in [6.07, 6.45) is 40.2. The molecule has 11 heteroatoms. The number of aliphatic hydroxyl groups is 2. The van der Waals surface area contributed by atoms with Crippen molar-refractivity contribution in [3.8, 4) is 0 Å². The van der Waals surface area contributed by atoms with Crippen LogP contribution in [-0.2, 0) is 32.7 Å². The standard InChI is InChI=1S/C44H83O10P/c1-3-5-7-9-11-13-15-16-17-18-19-20-21-22-23-24-26-28-30-32-34-36-44(48)54-42(38-46)40-52-55(49,50)51-39-41(37-45)53-43(47)35-33-31-29-27-25-14-12-10-8-6-4-2/h10,12,18-19,41-42,45-46H,3-9,11,13-17,20-40H2,1-2H3,(H,49,50)/b12-10-,19-18-. The normalized spacial score (nSPS) is 14.1. The topological polar surface area (TPSA) is 149 Å².